The molecule has 12 heteroatoms. The first-order valence-corrected chi connectivity index (χ1v) is 19.9. The summed E-state index contributed by atoms with van der Waals surface area (Å²) in [5.74, 6) is -0.946. The van der Waals surface area contributed by atoms with Crippen molar-refractivity contribution in [2.45, 2.75) is 121 Å². The van der Waals surface area contributed by atoms with Crippen molar-refractivity contribution in [3.63, 3.8) is 0 Å². The predicted molar refractivity (Wildman–Crippen MR) is 182 cm³/mol. The molecule has 5 saturated heterocycles. The van der Waals surface area contributed by atoms with Crippen molar-refractivity contribution >= 4 is 17.7 Å². The first kappa shape index (κ1) is 34.2. The Kier molecular flexibility index (Phi) is 7.31. The monoisotopic (exact) mass is 722 g/mol. The van der Waals surface area contributed by atoms with Crippen LogP contribution >= 0.6 is 0 Å². The van der Waals surface area contributed by atoms with E-state index in [2.05, 4.69) is 17.6 Å². The van der Waals surface area contributed by atoms with Crippen molar-refractivity contribution in [1.29, 1.82) is 0 Å². The van der Waals surface area contributed by atoms with Gasteiger partial charge >= 0.3 is 11.9 Å². The van der Waals surface area contributed by atoms with Crippen molar-refractivity contribution in [3.8, 4) is 0 Å². The zero-order chi connectivity index (χ0) is 36.2. The van der Waals surface area contributed by atoms with Gasteiger partial charge in [-0.25, -0.2) is 4.79 Å². The van der Waals surface area contributed by atoms with Gasteiger partial charge in [0.1, 0.15) is 30.2 Å². The Labute approximate surface area is 304 Å². The Morgan fingerprint density at radius 1 is 0.962 bits per heavy atom. The summed E-state index contributed by atoms with van der Waals surface area (Å²) < 4.78 is 32.0. The third kappa shape index (κ3) is 4.02. The van der Waals surface area contributed by atoms with E-state index in [0.29, 0.717) is 49.3 Å². The number of ketones is 1. The molecule has 1 aromatic heterocycles. The number of epoxide rings is 1. The summed E-state index contributed by atoms with van der Waals surface area (Å²) in [5.41, 5.74) is -4.24. The third-order valence-electron chi connectivity index (χ3n) is 16.6. The van der Waals surface area contributed by atoms with Crippen molar-refractivity contribution in [1.82, 2.24) is 10.6 Å². The summed E-state index contributed by atoms with van der Waals surface area (Å²) in [6.45, 7) is 9.81. The highest BCUT2D eigenvalue weighted by atomic mass is 16.7. The number of aliphatic hydroxyl groups is 2. The van der Waals surface area contributed by atoms with Crippen LogP contribution in [0.5, 0.6) is 0 Å². The van der Waals surface area contributed by atoms with Crippen LogP contribution in [0.1, 0.15) is 90.1 Å². The maximum atomic E-state index is 14.7. The molecule has 4 saturated carbocycles. The zero-order valence-corrected chi connectivity index (χ0v) is 30.7. The summed E-state index contributed by atoms with van der Waals surface area (Å²) >= 11 is 0. The minimum Gasteiger partial charge on any atom is -0.469 e. The van der Waals surface area contributed by atoms with E-state index in [1.807, 2.05) is 26.8 Å². The van der Waals surface area contributed by atoms with E-state index in [-0.39, 0.29) is 42.7 Å². The lowest BCUT2D eigenvalue weighted by atomic mass is 9.34. The zero-order valence-electron chi connectivity index (χ0n) is 30.7. The van der Waals surface area contributed by atoms with E-state index in [4.69, 9.17) is 23.4 Å². The summed E-state index contributed by atoms with van der Waals surface area (Å²) in [6, 6.07) is 2.40. The number of cyclic esters (lactones) is 2. The fraction of sp³-hybridized carbons (Fsp3) is 0.825. The van der Waals surface area contributed by atoms with Crippen molar-refractivity contribution in [3.05, 3.63) is 23.7 Å². The molecule has 6 heterocycles. The highest BCUT2D eigenvalue weighted by molar-refractivity contribution is 5.92. The number of hydrogen-bond acceptors (Lipinski definition) is 12. The number of carbonyl (C=O) groups excluding carboxylic acids is 3. The topological polar surface area (TPSA) is 169 Å². The molecule has 12 nitrogen and oxygen atoms in total. The molecule has 0 radical (unpaired) electrons. The van der Waals surface area contributed by atoms with Crippen molar-refractivity contribution in [2.75, 3.05) is 26.4 Å². The number of ether oxygens (including phenoxy) is 4. The van der Waals surface area contributed by atoms with Crippen LogP contribution in [0.15, 0.2) is 16.7 Å². The van der Waals surface area contributed by atoms with Gasteiger partial charge in [-0.2, -0.15) is 0 Å². The molecule has 1 aromatic rings. The number of nitrogens with one attached hydrogen (secondary N) is 2. The Morgan fingerprint density at radius 3 is 2.46 bits per heavy atom. The van der Waals surface area contributed by atoms with Crippen LogP contribution in [0.25, 0.3) is 0 Å². The van der Waals surface area contributed by atoms with E-state index in [1.54, 1.807) is 6.26 Å². The quantitative estimate of drug-likeness (QED) is 0.251. The summed E-state index contributed by atoms with van der Waals surface area (Å²) in [5, 5.41) is 30.2. The number of rotatable bonds is 6. The van der Waals surface area contributed by atoms with E-state index in [0.717, 1.165) is 44.5 Å². The molecule has 2 spiro atoms. The van der Waals surface area contributed by atoms with Gasteiger partial charge in [0.05, 0.1) is 29.8 Å². The maximum Gasteiger partial charge on any atom is 0.339 e. The Morgan fingerprint density at radius 2 is 1.73 bits per heavy atom. The normalized spacial score (nSPS) is 51.7. The molecule has 0 aromatic carbocycles. The lowest BCUT2D eigenvalue weighted by Crippen LogP contribution is -2.77. The van der Waals surface area contributed by atoms with Crippen LogP contribution in [0.4, 0.5) is 0 Å². The van der Waals surface area contributed by atoms with E-state index < -0.39 is 69.7 Å². The first-order chi connectivity index (χ1) is 24.8. The Hall–Kier alpha value is -2.35. The molecule has 10 rings (SSSR count). The fourth-order valence-electron chi connectivity index (χ4n) is 14.8. The number of furan rings is 1. The van der Waals surface area contributed by atoms with Gasteiger partial charge in [0.15, 0.2) is 11.9 Å². The molecule has 4 N–H and O–H groups in total. The summed E-state index contributed by atoms with van der Waals surface area (Å²) in [6.07, 6.45) is 4.70. The minimum absolute atomic E-state index is 0.00471. The smallest absolute Gasteiger partial charge is 0.339 e. The number of esters is 2. The number of Topliss-reactive ketones (excluding diaryl/α,β-unsaturated/α-hetero) is 1. The Bertz CT molecular complexity index is 1680. The average Bonchev–Trinajstić information content (AvgIpc) is 3.37. The highest BCUT2D eigenvalue weighted by Gasteiger charge is 2.92. The summed E-state index contributed by atoms with van der Waals surface area (Å²) in [7, 11) is 0. The SMILES string of the molecule is CC1(C)OC2C3CCC4CC5(C)C(c6ccoc6CC(CO)C6CCC(C7CNCN7)CC6)OC(=O)C6OC65C5(C)C(O)C(=O)C1C2(COC3=O)C45. The molecule has 14 atom stereocenters. The predicted octanol–water partition coefficient (Wildman–Crippen LogP) is 2.83. The second kappa shape index (κ2) is 11.1. The highest BCUT2D eigenvalue weighted by Crippen LogP contribution is 2.82. The molecule has 9 fully saturated rings. The van der Waals surface area contributed by atoms with Crippen LogP contribution in [0.3, 0.4) is 0 Å². The second-order valence-corrected chi connectivity index (χ2v) is 19.0. The third-order valence-corrected chi connectivity index (χ3v) is 16.6. The van der Waals surface area contributed by atoms with Crippen molar-refractivity contribution < 1.29 is 48.0 Å². The molecule has 0 amide bonds. The second-order valence-electron chi connectivity index (χ2n) is 19.0. The Balaban J connectivity index is 1.02. The van der Waals surface area contributed by atoms with Crippen LogP contribution in [0, 0.1) is 57.7 Å². The fourth-order valence-corrected chi connectivity index (χ4v) is 14.8. The van der Waals surface area contributed by atoms with Gasteiger partial charge in [-0.3, -0.25) is 9.59 Å². The van der Waals surface area contributed by atoms with Gasteiger partial charge in [-0.05, 0) is 94.4 Å². The average molecular weight is 723 g/mol. The van der Waals surface area contributed by atoms with Gasteiger partial charge in [0, 0.05) is 54.1 Å². The summed E-state index contributed by atoms with van der Waals surface area (Å²) in [4.78, 5) is 42.1. The van der Waals surface area contributed by atoms with E-state index in [1.165, 1.54) is 0 Å². The number of aliphatic hydroxyl groups excluding tert-OH is 2. The molecule has 14 unspecified atom stereocenters. The lowest BCUT2D eigenvalue weighted by Gasteiger charge is -2.68. The number of hydrogen-bond donors (Lipinski definition) is 4. The van der Waals surface area contributed by atoms with E-state index in [9.17, 15) is 24.6 Å². The van der Waals surface area contributed by atoms with Crippen LogP contribution in [0.2, 0.25) is 0 Å². The largest absolute Gasteiger partial charge is 0.469 e. The molecule has 4 aliphatic carbocycles. The van der Waals surface area contributed by atoms with E-state index >= 15 is 0 Å². The molecule has 5 aliphatic heterocycles. The van der Waals surface area contributed by atoms with Gasteiger partial charge in [0.2, 0.25) is 0 Å². The van der Waals surface area contributed by atoms with Gasteiger partial charge in [0.25, 0.3) is 0 Å². The van der Waals surface area contributed by atoms with Crippen LogP contribution < -0.4 is 10.6 Å². The molecule has 284 valence electrons. The van der Waals surface area contributed by atoms with Gasteiger partial charge in [-0.15, -0.1) is 0 Å². The number of carbonyl (C=O) groups is 3. The first-order valence-electron chi connectivity index (χ1n) is 19.9. The van der Waals surface area contributed by atoms with Crippen LogP contribution in [-0.2, 0) is 39.8 Å². The molecule has 9 aliphatic rings. The molecule has 52 heavy (non-hydrogen) atoms. The van der Waals surface area contributed by atoms with Crippen LogP contribution in [-0.4, -0.2) is 89.9 Å². The minimum atomic E-state index is -1.42. The van der Waals surface area contributed by atoms with Crippen molar-refractivity contribution in [2.24, 2.45) is 57.7 Å². The molecular weight excluding hydrogens is 668 g/mol. The molecule has 2 bridgehead atoms. The maximum absolute atomic E-state index is 14.7. The van der Waals surface area contributed by atoms with Gasteiger partial charge < -0.3 is 44.2 Å². The van der Waals surface area contributed by atoms with Gasteiger partial charge in [-0.1, -0.05) is 13.8 Å². The lowest BCUT2D eigenvalue weighted by molar-refractivity contribution is -0.266. The molecular formula is C40H54N2O10. The standard InChI is InChI=1S/C40H54N2O10/c1-36(2)29-27(44)30(45)38(4)28-21(9-10-24-32(51-36)39(28,29)17-49-34(24)46)14-37(3)31(50-35(47)33-40(37,38)52-33)23-11-12-48-26(23)13-22(16-43)19-5-7-20(8-6-19)25-15-41-18-42-25/h11-12,19-22,24-25,28-33,41-43,45H,5-10,13-18H2,1-4H3.